The number of fused-ring (bicyclic) bond motifs is 1. The number of halogens is 3. The number of ether oxygens (including phenoxy) is 1. The molecule has 0 fully saturated rings. The van der Waals surface area contributed by atoms with Gasteiger partial charge in [-0.15, -0.1) is 0 Å². The van der Waals surface area contributed by atoms with Gasteiger partial charge >= 0.3 is 6.18 Å². The van der Waals surface area contributed by atoms with Crippen LogP contribution < -0.4 is 15.4 Å². The Morgan fingerprint density at radius 1 is 0.969 bits per heavy atom. The minimum atomic E-state index is -4.39. The van der Waals surface area contributed by atoms with Crippen LogP contribution in [0.3, 0.4) is 0 Å². The Morgan fingerprint density at radius 2 is 1.72 bits per heavy atom. The molecule has 0 atom stereocenters. The average molecular weight is 439 g/mol. The summed E-state index contributed by atoms with van der Waals surface area (Å²) in [5.74, 6) is 0.879. The predicted octanol–water partition coefficient (Wildman–Crippen LogP) is 4.94. The molecular formula is C22H16F3N5O2. The molecule has 0 saturated carbocycles. The zero-order valence-corrected chi connectivity index (χ0v) is 16.6. The van der Waals surface area contributed by atoms with E-state index >= 15 is 0 Å². The molecule has 0 spiro atoms. The van der Waals surface area contributed by atoms with Crippen LogP contribution in [0.5, 0.6) is 11.5 Å². The summed E-state index contributed by atoms with van der Waals surface area (Å²) in [6.45, 7) is 0. The predicted molar refractivity (Wildman–Crippen MR) is 112 cm³/mol. The maximum atomic E-state index is 12.7. The molecule has 2 heterocycles. The number of nitrogens with one attached hydrogen (secondary N) is 2. The summed E-state index contributed by atoms with van der Waals surface area (Å²) in [5.41, 5.74) is 0.546. The van der Waals surface area contributed by atoms with E-state index in [0.717, 1.165) is 12.1 Å². The number of rotatable bonds is 5. The number of alkyl halides is 3. The van der Waals surface area contributed by atoms with Gasteiger partial charge in [-0.1, -0.05) is 0 Å². The van der Waals surface area contributed by atoms with Gasteiger partial charge < -0.3 is 15.4 Å². The number of aromatic nitrogens is 3. The second-order valence-electron chi connectivity index (χ2n) is 6.67. The van der Waals surface area contributed by atoms with Crippen LogP contribution in [0, 0.1) is 0 Å². The van der Waals surface area contributed by atoms with Gasteiger partial charge in [0, 0.05) is 36.6 Å². The van der Waals surface area contributed by atoms with E-state index in [9.17, 15) is 18.0 Å². The highest BCUT2D eigenvalue weighted by molar-refractivity contribution is 5.92. The molecule has 0 aliphatic carbocycles. The molecular weight excluding hydrogens is 423 g/mol. The molecule has 0 aliphatic heterocycles. The number of hydrogen-bond donors (Lipinski definition) is 2. The maximum Gasteiger partial charge on any atom is 0.416 e. The van der Waals surface area contributed by atoms with E-state index in [-0.39, 0.29) is 17.5 Å². The third kappa shape index (κ3) is 4.75. The first-order valence-electron chi connectivity index (χ1n) is 9.39. The van der Waals surface area contributed by atoms with Crippen molar-refractivity contribution in [3.8, 4) is 11.5 Å². The van der Waals surface area contributed by atoms with Crippen molar-refractivity contribution in [3.05, 3.63) is 78.2 Å². The number of hydrogen-bond acceptors (Lipinski definition) is 6. The molecule has 10 heteroatoms. The van der Waals surface area contributed by atoms with Gasteiger partial charge in [-0.3, -0.25) is 9.78 Å². The standard InChI is InChI=1S/C22H16F3N5O2/c1-26-20(31)19-11-17(8-9-27-19)32-16-6-7-18-13(10-16)12-28-21(30-18)29-15-4-2-14(3-5-15)22(23,24)25/h2-12H,1H3,(H,26,31)(H,28,29,30). The quantitative estimate of drug-likeness (QED) is 0.458. The van der Waals surface area contributed by atoms with Crippen LogP contribution in [0.15, 0.2) is 67.0 Å². The fourth-order valence-electron chi connectivity index (χ4n) is 2.87. The van der Waals surface area contributed by atoms with E-state index in [1.54, 1.807) is 30.5 Å². The Kier molecular flexibility index (Phi) is 5.59. The lowest BCUT2D eigenvalue weighted by molar-refractivity contribution is -0.137. The van der Waals surface area contributed by atoms with Gasteiger partial charge in [0.15, 0.2) is 0 Å². The molecule has 162 valence electrons. The second kappa shape index (κ2) is 8.50. The molecule has 0 aliphatic rings. The van der Waals surface area contributed by atoms with Gasteiger partial charge in [0.25, 0.3) is 5.91 Å². The zero-order chi connectivity index (χ0) is 22.7. The highest BCUT2D eigenvalue weighted by Crippen LogP contribution is 2.30. The van der Waals surface area contributed by atoms with Gasteiger partial charge in [0.2, 0.25) is 5.95 Å². The lowest BCUT2D eigenvalue weighted by Crippen LogP contribution is -2.18. The molecule has 2 aromatic heterocycles. The van der Waals surface area contributed by atoms with Crippen LogP contribution >= 0.6 is 0 Å². The highest BCUT2D eigenvalue weighted by atomic mass is 19.4. The lowest BCUT2D eigenvalue weighted by atomic mass is 10.2. The van der Waals surface area contributed by atoms with Crippen LogP contribution in [0.2, 0.25) is 0 Å². The number of nitrogens with zero attached hydrogens (tertiary/aromatic N) is 3. The fourth-order valence-corrected chi connectivity index (χ4v) is 2.87. The summed E-state index contributed by atoms with van der Waals surface area (Å²) in [6.07, 6.45) is -1.34. The van der Waals surface area contributed by atoms with E-state index in [2.05, 4.69) is 25.6 Å². The molecule has 0 saturated heterocycles. The van der Waals surface area contributed by atoms with E-state index < -0.39 is 11.7 Å². The van der Waals surface area contributed by atoms with Crippen molar-refractivity contribution in [1.82, 2.24) is 20.3 Å². The van der Waals surface area contributed by atoms with Crippen LogP contribution in [0.1, 0.15) is 16.1 Å². The minimum absolute atomic E-state index is 0.230. The molecule has 7 nitrogen and oxygen atoms in total. The fraction of sp³-hybridized carbons (Fsp3) is 0.0909. The number of pyridine rings is 1. The molecule has 1 amide bonds. The molecule has 2 aromatic carbocycles. The van der Waals surface area contributed by atoms with Crippen molar-refractivity contribution in [2.45, 2.75) is 6.18 Å². The Balaban J connectivity index is 1.51. The SMILES string of the molecule is CNC(=O)c1cc(Oc2ccc3nc(Nc4ccc(C(F)(F)F)cc4)ncc3c2)ccn1. The normalized spacial score (nSPS) is 11.2. The Hall–Kier alpha value is -4.21. The van der Waals surface area contributed by atoms with Gasteiger partial charge in [0.05, 0.1) is 11.1 Å². The molecule has 32 heavy (non-hydrogen) atoms. The maximum absolute atomic E-state index is 12.7. The topological polar surface area (TPSA) is 89.0 Å². The first-order chi connectivity index (χ1) is 15.3. The van der Waals surface area contributed by atoms with Crippen LogP contribution in [-0.2, 0) is 6.18 Å². The van der Waals surface area contributed by atoms with Gasteiger partial charge in [-0.25, -0.2) is 9.97 Å². The Bertz CT molecular complexity index is 1280. The van der Waals surface area contributed by atoms with Crippen molar-refractivity contribution in [3.63, 3.8) is 0 Å². The second-order valence-corrected chi connectivity index (χ2v) is 6.67. The summed E-state index contributed by atoms with van der Waals surface area (Å²) in [4.78, 5) is 24.3. The molecule has 2 N–H and O–H groups in total. The number of carbonyl (C=O) groups excluding carboxylic acids is 1. The minimum Gasteiger partial charge on any atom is -0.457 e. The Morgan fingerprint density at radius 3 is 2.44 bits per heavy atom. The smallest absolute Gasteiger partial charge is 0.416 e. The molecule has 4 aromatic rings. The third-order valence-corrected chi connectivity index (χ3v) is 4.45. The highest BCUT2D eigenvalue weighted by Gasteiger charge is 2.29. The number of carbonyl (C=O) groups is 1. The molecule has 4 rings (SSSR count). The van der Waals surface area contributed by atoms with Crippen LogP contribution in [0.4, 0.5) is 24.8 Å². The summed E-state index contributed by atoms with van der Waals surface area (Å²) in [7, 11) is 1.52. The van der Waals surface area contributed by atoms with Crippen LogP contribution in [-0.4, -0.2) is 27.9 Å². The van der Waals surface area contributed by atoms with Crippen molar-refractivity contribution in [1.29, 1.82) is 0 Å². The summed E-state index contributed by atoms with van der Waals surface area (Å²) >= 11 is 0. The Labute approximate surface area is 180 Å². The van der Waals surface area contributed by atoms with Gasteiger partial charge in [-0.2, -0.15) is 13.2 Å². The zero-order valence-electron chi connectivity index (χ0n) is 16.6. The number of anilines is 2. The summed E-state index contributed by atoms with van der Waals surface area (Å²) < 4.78 is 43.9. The summed E-state index contributed by atoms with van der Waals surface area (Å²) in [5, 5.41) is 6.08. The molecule has 0 bridgehead atoms. The van der Waals surface area contributed by atoms with Crippen molar-refractivity contribution in [2.24, 2.45) is 0 Å². The first-order valence-corrected chi connectivity index (χ1v) is 9.39. The first kappa shape index (κ1) is 21.0. The number of amides is 1. The number of benzene rings is 2. The van der Waals surface area contributed by atoms with Crippen molar-refractivity contribution in [2.75, 3.05) is 12.4 Å². The van der Waals surface area contributed by atoms with Crippen molar-refractivity contribution >= 4 is 28.4 Å². The van der Waals surface area contributed by atoms with Crippen molar-refractivity contribution < 1.29 is 22.7 Å². The monoisotopic (exact) mass is 439 g/mol. The van der Waals surface area contributed by atoms with E-state index in [1.807, 2.05) is 0 Å². The van der Waals surface area contributed by atoms with E-state index in [0.29, 0.717) is 28.1 Å². The van der Waals surface area contributed by atoms with E-state index in [1.165, 1.54) is 31.4 Å². The van der Waals surface area contributed by atoms with Gasteiger partial charge in [0.1, 0.15) is 17.2 Å². The molecule has 0 radical (unpaired) electrons. The van der Waals surface area contributed by atoms with E-state index in [4.69, 9.17) is 4.74 Å². The van der Waals surface area contributed by atoms with Crippen LogP contribution in [0.25, 0.3) is 10.9 Å². The third-order valence-electron chi connectivity index (χ3n) is 4.45. The summed E-state index contributed by atoms with van der Waals surface area (Å²) in [6, 6.07) is 12.9. The largest absolute Gasteiger partial charge is 0.457 e. The lowest BCUT2D eigenvalue weighted by Gasteiger charge is -2.10. The van der Waals surface area contributed by atoms with Gasteiger partial charge in [-0.05, 0) is 48.5 Å². The average Bonchev–Trinajstić information content (AvgIpc) is 2.78. The molecule has 0 unspecified atom stereocenters.